The maximum absolute atomic E-state index is 13.5. The number of nitrogens with zero attached hydrogens (tertiary/aromatic N) is 4. The molecule has 0 spiro atoms. The van der Waals surface area contributed by atoms with E-state index in [2.05, 4.69) is 10.1 Å². The number of carbonyl (C=O) groups is 2. The van der Waals surface area contributed by atoms with Crippen LogP contribution in [0.1, 0.15) is 41.0 Å². The van der Waals surface area contributed by atoms with E-state index in [4.69, 9.17) is 16.3 Å². The largest absolute Gasteiger partial charge is 0.386 e. The van der Waals surface area contributed by atoms with Crippen LogP contribution in [0.15, 0.2) is 60.7 Å². The molecule has 178 valence electrons. The minimum atomic E-state index is -0.573. The van der Waals surface area contributed by atoms with Crippen molar-refractivity contribution >= 4 is 34.8 Å². The summed E-state index contributed by atoms with van der Waals surface area (Å²) in [6, 6.07) is 16.6. The fraction of sp³-hybridized carbons (Fsp3) is 0.231. The lowest BCUT2D eigenvalue weighted by atomic mass is 9.90. The summed E-state index contributed by atoms with van der Waals surface area (Å²) in [4.78, 5) is 31.5. The molecule has 0 aliphatic carbocycles. The molecule has 2 aromatic carbocycles. The van der Waals surface area contributed by atoms with Crippen molar-refractivity contribution in [3.63, 3.8) is 0 Å². The second-order valence-corrected chi connectivity index (χ2v) is 9.36. The van der Waals surface area contributed by atoms with Gasteiger partial charge >= 0.3 is 12.0 Å². The fourth-order valence-corrected chi connectivity index (χ4v) is 4.61. The van der Waals surface area contributed by atoms with Gasteiger partial charge in [-0.25, -0.2) is 13.7 Å². The van der Waals surface area contributed by atoms with E-state index in [0.29, 0.717) is 29.9 Å². The number of halogens is 2. The Morgan fingerprint density at radius 1 is 1.11 bits per heavy atom. The van der Waals surface area contributed by atoms with Crippen LogP contribution in [0.3, 0.4) is 0 Å². The molecular formula is C26H22ClFN4O3. The lowest BCUT2D eigenvalue weighted by Crippen LogP contribution is -2.34. The van der Waals surface area contributed by atoms with Gasteiger partial charge in [-0.1, -0.05) is 44.2 Å². The third kappa shape index (κ3) is 4.25. The van der Waals surface area contributed by atoms with Crippen molar-refractivity contribution in [2.24, 2.45) is 0 Å². The van der Waals surface area contributed by atoms with Crippen LogP contribution < -0.4 is 9.64 Å². The molecule has 3 heterocycles. The average Bonchev–Trinajstić information content (AvgIpc) is 3.38. The Labute approximate surface area is 206 Å². The van der Waals surface area contributed by atoms with E-state index in [9.17, 15) is 14.0 Å². The molecule has 0 unspecified atom stereocenters. The van der Waals surface area contributed by atoms with Crippen molar-refractivity contribution in [2.45, 2.75) is 25.7 Å². The summed E-state index contributed by atoms with van der Waals surface area (Å²) in [5.74, 6) is -1.28. The van der Waals surface area contributed by atoms with Crippen LogP contribution in [0.4, 0.5) is 10.1 Å². The first kappa shape index (κ1) is 23.0. The predicted octanol–water partition coefficient (Wildman–Crippen LogP) is 4.54. The summed E-state index contributed by atoms with van der Waals surface area (Å²) in [6.45, 7) is 4.43. The number of ether oxygens (including phenoxy) is 1. The summed E-state index contributed by atoms with van der Waals surface area (Å²) >= 11 is 5.89. The van der Waals surface area contributed by atoms with E-state index in [1.54, 1.807) is 51.9 Å². The van der Waals surface area contributed by atoms with E-state index in [0.717, 1.165) is 16.8 Å². The van der Waals surface area contributed by atoms with Crippen molar-refractivity contribution in [3.8, 4) is 6.01 Å². The van der Waals surface area contributed by atoms with Crippen LogP contribution in [-0.2, 0) is 16.6 Å². The molecule has 0 N–H and O–H groups in total. The Morgan fingerprint density at radius 2 is 1.83 bits per heavy atom. The highest BCUT2D eigenvalue weighted by molar-refractivity contribution is 6.29. The third-order valence-electron chi connectivity index (χ3n) is 6.04. The Balaban J connectivity index is 1.64. The van der Waals surface area contributed by atoms with Gasteiger partial charge in [0.1, 0.15) is 11.7 Å². The van der Waals surface area contributed by atoms with Gasteiger partial charge in [0.25, 0.3) is 0 Å². The minimum absolute atomic E-state index is 0.0921. The van der Waals surface area contributed by atoms with Crippen LogP contribution >= 0.6 is 11.6 Å². The molecule has 4 aromatic rings. The first-order valence-corrected chi connectivity index (χ1v) is 11.6. The molecule has 9 heteroatoms. The van der Waals surface area contributed by atoms with Crippen molar-refractivity contribution in [1.82, 2.24) is 14.6 Å². The number of esters is 1. The summed E-state index contributed by atoms with van der Waals surface area (Å²) in [6.07, 6.45) is 0.408. The first-order chi connectivity index (χ1) is 16.8. The average molecular weight is 493 g/mol. The van der Waals surface area contributed by atoms with Crippen molar-refractivity contribution in [3.05, 3.63) is 88.9 Å². The van der Waals surface area contributed by atoms with Gasteiger partial charge in [0.2, 0.25) is 5.91 Å². The van der Waals surface area contributed by atoms with Gasteiger partial charge in [0, 0.05) is 23.9 Å². The molecule has 1 aliphatic heterocycles. The SMILES string of the molecule is CC1(C)CN(C(=O)CCl)c2cc(Cc3ccc(F)cc3)c3nc(OC(=O)c4ccccc4)nn3c21. The molecule has 0 saturated carbocycles. The van der Waals surface area contributed by atoms with Crippen molar-refractivity contribution < 1.29 is 18.7 Å². The van der Waals surface area contributed by atoms with E-state index in [-0.39, 0.29) is 23.6 Å². The summed E-state index contributed by atoms with van der Waals surface area (Å²) in [5, 5.41) is 4.51. The second-order valence-electron chi connectivity index (χ2n) is 9.09. The maximum Gasteiger partial charge on any atom is 0.345 e. The van der Waals surface area contributed by atoms with Crippen molar-refractivity contribution in [2.75, 3.05) is 17.3 Å². The highest BCUT2D eigenvalue weighted by Gasteiger charge is 2.41. The van der Waals surface area contributed by atoms with Crippen LogP contribution in [0, 0.1) is 5.82 Å². The summed E-state index contributed by atoms with van der Waals surface area (Å²) in [7, 11) is 0. The number of fused-ring (bicyclic) bond motifs is 3. The van der Waals surface area contributed by atoms with Crippen LogP contribution in [0.2, 0.25) is 0 Å². The zero-order chi connectivity index (χ0) is 24.7. The van der Waals surface area contributed by atoms with Gasteiger partial charge in [0.15, 0.2) is 5.65 Å². The van der Waals surface area contributed by atoms with Gasteiger partial charge in [-0.15, -0.1) is 16.7 Å². The normalized spacial score (nSPS) is 14.2. The highest BCUT2D eigenvalue weighted by atomic mass is 35.5. The molecular weight excluding hydrogens is 471 g/mol. The number of anilines is 1. The number of alkyl halides is 1. The molecule has 0 radical (unpaired) electrons. The lowest BCUT2D eigenvalue weighted by Gasteiger charge is -2.19. The van der Waals surface area contributed by atoms with Gasteiger partial charge in [-0.3, -0.25) is 4.79 Å². The first-order valence-electron chi connectivity index (χ1n) is 11.1. The molecule has 0 saturated heterocycles. The van der Waals surface area contributed by atoms with Crippen LogP contribution in [-0.4, -0.2) is 38.9 Å². The summed E-state index contributed by atoms with van der Waals surface area (Å²) in [5.41, 5.74) is 3.46. The number of benzene rings is 2. The smallest absolute Gasteiger partial charge is 0.345 e. The Bertz CT molecular complexity index is 1430. The zero-order valence-electron chi connectivity index (χ0n) is 19.2. The Kier molecular flexibility index (Phi) is 5.76. The van der Waals surface area contributed by atoms with Gasteiger partial charge in [-0.05, 0) is 35.9 Å². The number of hydrogen-bond acceptors (Lipinski definition) is 5. The number of carbonyl (C=O) groups excluding carboxylic acids is 2. The Morgan fingerprint density at radius 3 is 2.51 bits per heavy atom. The van der Waals surface area contributed by atoms with E-state index in [1.807, 2.05) is 19.9 Å². The van der Waals surface area contributed by atoms with Crippen LogP contribution in [0.25, 0.3) is 5.65 Å². The second kappa shape index (κ2) is 8.78. The van der Waals surface area contributed by atoms with E-state index >= 15 is 0 Å². The van der Waals surface area contributed by atoms with E-state index in [1.165, 1.54) is 12.1 Å². The molecule has 0 fully saturated rings. The maximum atomic E-state index is 13.5. The molecule has 0 atom stereocenters. The number of aromatic nitrogens is 3. The van der Waals surface area contributed by atoms with Crippen molar-refractivity contribution in [1.29, 1.82) is 0 Å². The Hall–Kier alpha value is -3.78. The van der Waals surface area contributed by atoms with E-state index < -0.39 is 11.4 Å². The van der Waals surface area contributed by atoms with Crippen LogP contribution in [0.5, 0.6) is 6.01 Å². The molecule has 1 aliphatic rings. The predicted molar refractivity (Wildman–Crippen MR) is 130 cm³/mol. The monoisotopic (exact) mass is 492 g/mol. The number of hydrogen-bond donors (Lipinski definition) is 0. The molecule has 5 rings (SSSR count). The number of amides is 1. The third-order valence-corrected chi connectivity index (χ3v) is 6.27. The minimum Gasteiger partial charge on any atom is -0.386 e. The van der Waals surface area contributed by atoms with Gasteiger partial charge in [-0.2, -0.15) is 4.98 Å². The zero-order valence-corrected chi connectivity index (χ0v) is 19.9. The van der Waals surface area contributed by atoms with Gasteiger partial charge in [0.05, 0.1) is 16.9 Å². The number of pyridine rings is 1. The highest BCUT2D eigenvalue weighted by Crippen LogP contribution is 2.42. The molecule has 0 bridgehead atoms. The molecule has 7 nitrogen and oxygen atoms in total. The van der Waals surface area contributed by atoms with Gasteiger partial charge < -0.3 is 9.64 Å². The number of rotatable bonds is 5. The lowest BCUT2D eigenvalue weighted by molar-refractivity contribution is -0.116. The fourth-order valence-electron chi connectivity index (χ4n) is 4.46. The topological polar surface area (TPSA) is 76.8 Å². The summed E-state index contributed by atoms with van der Waals surface area (Å²) < 4.78 is 20.6. The standard InChI is InChI=1S/C26H22ClFN4O3/c1-26(2)15-31(21(33)14-27)20-13-18(12-16-8-10-19(28)11-9-16)23-29-25(30-32(23)22(20)26)35-24(34)17-6-4-3-5-7-17/h3-11,13H,12,14-15H2,1-2H3. The molecule has 35 heavy (non-hydrogen) atoms. The molecule has 1 amide bonds. The molecule has 2 aromatic heterocycles. The quantitative estimate of drug-likeness (QED) is 0.302.